The maximum atomic E-state index is 12.2. The molecule has 1 unspecified atom stereocenters. The number of nitrogens with zero attached hydrogens (tertiary/aromatic N) is 2. The maximum Gasteiger partial charge on any atom is 0.268 e. The number of aromatic nitrogens is 3. The average molecular weight is 288 g/mol. The van der Waals surface area contributed by atoms with E-state index in [1.165, 1.54) is 6.07 Å². The second-order valence-electron chi connectivity index (χ2n) is 5.02. The van der Waals surface area contributed by atoms with Crippen LogP contribution in [0.3, 0.4) is 0 Å². The molecule has 0 aliphatic heterocycles. The van der Waals surface area contributed by atoms with E-state index in [1.807, 2.05) is 32.4 Å². The van der Waals surface area contributed by atoms with Crippen LogP contribution in [-0.4, -0.2) is 20.7 Å². The van der Waals surface area contributed by atoms with Gasteiger partial charge in [-0.15, -0.1) is 0 Å². The number of H-pyrrole nitrogens is 1. The normalized spacial score (nSPS) is 12.2. The minimum Gasteiger partial charge on any atom is -0.344 e. The Morgan fingerprint density at radius 3 is 2.71 bits per heavy atom. The van der Waals surface area contributed by atoms with Gasteiger partial charge < -0.3 is 10.3 Å². The highest BCUT2D eigenvalue weighted by Gasteiger charge is 2.19. The molecule has 2 aromatic heterocycles. The third-order valence-corrected chi connectivity index (χ3v) is 3.53. The van der Waals surface area contributed by atoms with Crippen molar-refractivity contribution in [3.63, 3.8) is 0 Å². The topological polar surface area (TPSA) is 79.8 Å². The summed E-state index contributed by atoms with van der Waals surface area (Å²) in [6.07, 6.45) is 0. The molecule has 2 heterocycles. The number of nitrogens with one attached hydrogen (secondary N) is 2. The van der Waals surface area contributed by atoms with E-state index >= 15 is 0 Å². The monoisotopic (exact) mass is 288 g/mol. The molecule has 0 fully saturated rings. The summed E-state index contributed by atoms with van der Waals surface area (Å²) in [5, 5.41) is 7.35. The average Bonchev–Trinajstić information content (AvgIpc) is 2.73. The van der Waals surface area contributed by atoms with Crippen LogP contribution in [0, 0.1) is 13.8 Å². The number of hydrogen-bond donors (Lipinski definition) is 2. The molecular weight excluding hydrogens is 268 g/mol. The van der Waals surface area contributed by atoms with Gasteiger partial charge in [0, 0.05) is 23.9 Å². The number of aromatic amines is 1. The molecule has 112 valence electrons. The van der Waals surface area contributed by atoms with Gasteiger partial charge in [0.25, 0.3) is 5.91 Å². The minimum atomic E-state index is -0.303. The van der Waals surface area contributed by atoms with E-state index in [2.05, 4.69) is 15.4 Å². The van der Waals surface area contributed by atoms with Gasteiger partial charge in [-0.2, -0.15) is 5.10 Å². The Hall–Kier alpha value is -2.37. The smallest absolute Gasteiger partial charge is 0.268 e. The zero-order valence-corrected chi connectivity index (χ0v) is 12.7. The fourth-order valence-corrected chi connectivity index (χ4v) is 2.57. The second kappa shape index (κ2) is 5.95. The summed E-state index contributed by atoms with van der Waals surface area (Å²) in [6.45, 7) is 8.66. The van der Waals surface area contributed by atoms with Gasteiger partial charge in [-0.05, 0) is 33.8 Å². The second-order valence-corrected chi connectivity index (χ2v) is 5.02. The lowest BCUT2D eigenvalue weighted by molar-refractivity contribution is 0.0934. The first-order valence-corrected chi connectivity index (χ1v) is 6.98. The van der Waals surface area contributed by atoms with Gasteiger partial charge in [-0.3, -0.25) is 14.3 Å². The molecule has 0 saturated carbocycles. The predicted octanol–water partition coefficient (Wildman–Crippen LogP) is 1.70. The van der Waals surface area contributed by atoms with Crippen molar-refractivity contribution in [1.82, 2.24) is 20.1 Å². The molecule has 1 amide bonds. The summed E-state index contributed by atoms with van der Waals surface area (Å²) in [4.78, 5) is 25.9. The van der Waals surface area contributed by atoms with Crippen molar-refractivity contribution in [2.75, 3.05) is 0 Å². The Morgan fingerprint density at radius 2 is 2.14 bits per heavy atom. The Bertz CT molecular complexity index is 715. The molecule has 0 aromatic carbocycles. The maximum absolute atomic E-state index is 12.2. The predicted molar refractivity (Wildman–Crippen MR) is 80.3 cm³/mol. The van der Waals surface area contributed by atoms with Crippen molar-refractivity contribution >= 4 is 5.91 Å². The van der Waals surface area contributed by atoms with E-state index in [1.54, 1.807) is 12.1 Å². The zero-order valence-electron chi connectivity index (χ0n) is 12.7. The largest absolute Gasteiger partial charge is 0.344 e. The lowest BCUT2D eigenvalue weighted by Gasteiger charge is -2.15. The molecule has 0 aliphatic rings. The number of carbonyl (C=O) groups is 1. The van der Waals surface area contributed by atoms with Gasteiger partial charge >= 0.3 is 0 Å². The molecule has 2 aromatic rings. The first-order chi connectivity index (χ1) is 9.93. The first kappa shape index (κ1) is 15.0. The molecule has 0 bridgehead atoms. The fourth-order valence-electron chi connectivity index (χ4n) is 2.57. The molecule has 21 heavy (non-hydrogen) atoms. The molecule has 2 rings (SSSR count). The summed E-state index contributed by atoms with van der Waals surface area (Å²) in [5.41, 5.74) is 2.94. The SMILES string of the molecule is CCn1nc(C)c(C(C)NC(=O)c2cccc(=O)[nH]2)c1C. The van der Waals surface area contributed by atoms with Crippen molar-refractivity contribution in [3.05, 3.63) is 51.2 Å². The summed E-state index contributed by atoms with van der Waals surface area (Å²) in [7, 11) is 0. The number of carbonyl (C=O) groups excluding carboxylic acids is 1. The summed E-state index contributed by atoms with van der Waals surface area (Å²) >= 11 is 0. The molecule has 0 saturated heterocycles. The molecule has 6 nitrogen and oxygen atoms in total. The van der Waals surface area contributed by atoms with Crippen LogP contribution in [0.1, 0.15) is 47.3 Å². The minimum absolute atomic E-state index is 0.179. The highest BCUT2D eigenvalue weighted by molar-refractivity contribution is 5.92. The Morgan fingerprint density at radius 1 is 1.43 bits per heavy atom. The van der Waals surface area contributed by atoms with E-state index in [9.17, 15) is 9.59 Å². The van der Waals surface area contributed by atoms with E-state index in [-0.39, 0.29) is 23.2 Å². The van der Waals surface area contributed by atoms with Crippen molar-refractivity contribution in [1.29, 1.82) is 0 Å². The standard InChI is InChI=1S/C15H20N4O2/c1-5-19-11(4)14(10(3)18-19)9(2)16-15(21)12-7-6-8-13(20)17-12/h6-9H,5H2,1-4H3,(H,16,21)(H,17,20). The van der Waals surface area contributed by atoms with E-state index in [4.69, 9.17) is 0 Å². The van der Waals surface area contributed by atoms with Gasteiger partial charge in [0.15, 0.2) is 0 Å². The van der Waals surface area contributed by atoms with Crippen molar-refractivity contribution < 1.29 is 4.79 Å². The third-order valence-electron chi connectivity index (χ3n) is 3.53. The van der Waals surface area contributed by atoms with Crippen LogP contribution in [0.15, 0.2) is 23.0 Å². The van der Waals surface area contributed by atoms with Crippen molar-refractivity contribution in [2.24, 2.45) is 0 Å². The Balaban J connectivity index is 2.22. The summed E-state index contributed by atoms with van der Waals surface area (Å²) < 4.78 is 1.91. The van der Waals surface area contributed by atoms with Gasteiger partial charge in [-0.1, -0.05) is 6.07 Å². The molecule has 1 atom stereocenters. The van der Waals surface area contributed by atoms with Crippen molar-refractivity contribution in [3.8, 4) is 0 Å². The number of hydrogen-bond acceptors (Lipinski definition) is 3. The van der Waals surface area contributed by atoms with E-state index in [0.717, 1.165) is 23.5 Å². The Labute approximate surface area is 123 Å². The van der Waals surface area contributed by atoms with Crippen LogP contribution < -0.4 is 10.9 Å². The van der Waals surface area contributed by atoms with Gasteiger partial charge in [-0.25, -0.2) is 0 Å². The quantitative estimate of drug-likeness (QED) is 0.898. The highest BCUT2D eigenvalue weighted by atomic mass is 16.2. The van der Waals surface area contributed by atoms with E-state index < -0.39 is 0 Å². The molecule has 6 heteroatoms. The van der Waals surface area contributed by atoms with E-state index in [0.29, 0.717) is 0 Å². The number of pyridine rings is 1. The molecule has 0 spiro atoms. The van der Waals surface area contributed by atoms with Crippen LogP contribution in [0.25, 0.3) is 0 Å². The number of amides is 1. The molecule has 0 aliphatic carbocycles. The summed E-state index contributed by atoms with van der Waals surface area (Å²) in [6, 6.07) is 4.34. The number of rotatable bonds is 4. The highest BCUT2D eigenvalue weighted by Crippen LogP contribution is 2.21. The van der Waals surface area contributed by atoms with Gasteiger partial charge in [0.1, 0.15) is 5.69 Å². The third kappa shape index (κ3) is 3.04. The lowest BCUT2D eigenvalue weighted by Crippen LogP contribution is -2.29. The fraction of sp³-hybridized carbons (Fsp3) is 0.400. The Kier molecular flexibility index (Phi) is 4.26. The van der Waals surface area contributed by atoms with Crippen LogP contribution in [0.4, 0.5) is 0 Å². The summed E-state index contributed by atoms with van der Waals surface area (Å²) in [5.74, 6) is -0.303. The first-order valence-electron chi connectivity index (χ1n) is 6.98. The zero-order chi connectivity index (χ0) is 15.6. The lowest BCUT2D eigenvalue weighted by atomic mass is 10.1. The number of aryl methyl sites for hydroxylation is 2. The van der Waals surface area contributed by atoms with Crippen LogP contribution in [0.2, 0.25) is 0 Å². The molecular formula is C15H20N4O2. The van der Waals surface area contributed by atoms with Crippen LogP contribution >= 0.6 is 0 Å². The van der Waals surface area contributed by atoms with Crippen LogP contribution in [-0.2, 0) is 6.54 Å². The molecule has 0 radical (unpaired) electrons. The van der Waals surface area contributed by atoms with Gasteiger partial charge in [0.05, 0.1) is 11.7 Å². The van der Waals surface area contributed by atoms with Crippen molar-refractivity contribution in [2.45, 2.75) is 40.3 Å². The van der Waals surface area contributed by atoms with Crippen LogP contribution in [0.5, 0.6) is 0 Å². The van der Waals surface area contributed by atoms with Gasteiger partial charge in [0.2, 0.25) is 5.56 Å². The molecule has 2 N–H and O–H groups in total.